The fraction of sp³-hybridized carbons (Fsp3) is 1.00. The normalized spacial score (nSPS) is 17.1. The van der Waals surface area contributed by atoms with Gasteiger partial charge in [0.05, 0.1) is 6.10 Å². The molecule has 0 bridgehead atoms. The number of nitrogens with two attached hydrogens (primary N) is 1. The van der Waals surface area contributed by atoms with Crippen LogP contribution in [0.25, 0.3) is 0 Å². The van der Waals surface area contributed by atoms with Crippen LogP contribution in [0.3, 0.4) is 0 Å². The highest BCUT2D eigenvalue weighted by molar-refractivity contribution is 4.71. The van der Waals surface area contributed by atoms with E-state index in [9.17, 15) is 5.11 Å². The topological polar surface area (TPSA) is 58.3 Å². The van der Waals surface area contributed by atoms with Gasteiger partial charge < -0.3 is 16.2 Å². The van der Waals surface area contributed by atoms with Crippen molar-refractivity contribution >= 4 is 0 Å². The van der Waals surface area contributed by atoms with Crippen LogP contribution in [0.1, 0.15) is 34.1 Å². The molecule has 0 saturated carbocycles. The molecule has 0 aromatic heterocycles. The molecule has 3 heteroatoms. The van der Waals surface area contributed by atoms with Crippen molar-refractivity contribution in [3.05, 3.63) is 0 Å². The summed E-state index contributed by atoms with van der Waals surface area (Å²) in [4.78, 5) is 0. The quantitative estimate of drug-likeness (QED) is 0.596. The smallest absolute Gasteiger partial charge is 0.0669 e. The maximum absolute atomic E-state index is 9.63. The molecule has 0 aliphatic carbocycles. The Kier molecular flexibility index (Phi) is 5.53. The lowest BCUT2D eigenvalue weighted by Gasteiger charge is -2.23. The highest BCUT2D eigenvalue weighted by atomic mass is 16.3. The van der Waals surface area contributed by atoms with E-state index in [-0.39, 0.29) is 17.6 Å². The summed E-state index contributed by atoms with van der Waals surface area (Å²) in [6.07, 6.45) is 0.547. The molecular formula is C10H24N2O. The molecule has 4 N–H and O–H groups in total. The van der Waals surface area contributed by atoms with E-state index in [2.05, 4.69) is 26.1 Å². The summed E-state index contributed by atoms with van der Waals surface area (Å²) < 4.78 is 0. The first-order chi connectivity index (χ1) is 5.85. The van der Waals surface area contributed by atoms with Gasteiger partial charge in [0, 0.05) is 19.1 Å². The van der Waals surface area contributed by atoms with Gasteiger partial charge in [-0.1, -0.05) is 20.8 Å². The Balaban J connectivity index is 3.57. The highest BCUT2D eigenvalue weighted by Crippen LogP contribution is 2.20. The Morgan fingerprint density at radius 2 is 1.92 bits per heavy atom. The lowest BCUT2D eigenvalue weighted by atomic mass is 9.89. The average Bonchev–Trinajstić information content (AvgIpc) is 1.97. The average molecular weight is 188 g/mol. The van der Waals surface area contributed by atoms with Gasteiger partial charge in [0.2, 0.25) is 0 Å². The van der Waals surface area contributed by atoms with Crippen LogP contribution in [0.4, 0.5) is 0 Å². The van der Waals surface area contributed by atoms with Crippen molar-refractivity contribution in [1.82, 2.24) is 5.32 Å². The molecule has 0 fully saturated rings. The number of nitrogens with one attached hydrogen (secondary N) is 1. The van der Waals surface area contributed by atoms with Gasteiger partial charge in [0.1, 0.15) is 0 Å². The van der Waals surface area contributed by atoms with E-state index in [1.165, 1.54) is 0 Å². The van der Waals surface area contributed by atoms with Crippen molar-refractivity contribution in [2.75, 3.05) is 13.1 Å². The minimum absolute atomic E-state index is 0.188. The van der Waals surface area contributed by atoms with Crippen molar-refractivity contribution < 1.29 is 5.11 Å². The molecule has 0 heterocycles. The second-order valence-electron chi connectivity index (χ2n) is 4.96. The Morgan fingerprint density at radius 3 is 2.31 bits per heavy atom. The van der Waals surface area contributed by atoms with Crippen molar-refractivity contribution in [2.24, 2.45) is 11.1 Å². The summed E-state index contributed by atoms with van der Waals surface area (Å²) in [7, 11) is 0. The van der Waals surface area contributed by atoms with E-state index >= 15 is 0 Å². The van der Waals surface area contributed by atoms with Crippen molar-refractivity contribution in [2.45, 2.75) is 46.3 Å². The molecule has 3 nitrogen and oxygen atoms in total. The number of aliphatic hydroxyl groups excluding tert-OH is 1. The molecule has 0 aromatic rings. The molecule has 0 amide bonds. The van der Waals surface area contributed by atoms with Crippen LogP contribution in [0, 0.1) is 5.41 Å². The molecule has 13 heavy (non-hydrogen) atoms. The largest absolute Gasteiger partial charge is 0.392 e. The third-order valence-corrected chi connectivity index (χ3v) is 1.90. The van der Waals surface area contributed by atoms with E-state index in [1.54, 1.807) is 0 Å². The predicted octanol–water partition coefficient (Wildman–Crippen LogP) is 0.720. The van der Waals surface area contributed by atoms with Crippen LogP contribution < -0.4 is 11.1 Å². The molecule has 0 aliphatic heterocycles. The molecule has 2 unspecified atom stereocenters. The monoisotopic (exact) mass is 188 g/mol. The lowest BCUT2D eigenvalue weighted by Crippen LogP contribution is -2.39. The van der Waals surface area contributed by atoms with E-state index in [1.807, 2.05) is 6.92 Å². The van der Waals surface area contributed by atoms with Crippen LogP contribution in [0.15, 0.2) is 0 Å². The van der Waals surface area contributed by atoms with Gasteiger partial charge in [-0.15, -0.1) is 0 Å². The first kappa shape index (κ1) is 12.9. The Morgan fingerprint density at radius 1 is 1.38 bits per heavy atom. The summed E-state index contributed by atoms with van der Waals surface area (Å²) in [6, 6.07) is 0.287. The molecule has 0 aromatic carbocycles. The van der Waals surface area contributed by atoms with Gasteiger partial charge >= 0.3 is 0 Å². The first-order valence-corrected chi connectivity index (χ1v) is 4.96. The molecular weight excluding hydrogens is 164 g/mol. The van der Waals surface area contributed by atoms with Crippen molar-refractivity contribution in [1.29, 1.82) is 0 Å². The van der Waals surface area contributed by atoms with Crippen LogP contribution in [-0.4, -0.2) is 30.3 Å². The molecule has 0 radical (unpaired) electrons. The minimum Gasteiger partial charge on any atom is -0.392 e. The number of rotatable bonds is 5. The van der Waals surface area contributed by atoms with E-state index in [4.69, 9.17) is 5.73 Å². The van der Waals surface area contributed by atoms with Crippen LogP contribution in [0.5, 0.6) is 0 Å². The number of hydrogen-bond acceptors (Lipinski definition) is 3. The maximum atomic E-state index is 9.63. The van der Waals surface area contributed by atoms with Gasteiger partial charge in [-0.25, -0.2) is 0 Å². The predicted molar refractivity (Wildman–Crippen MR) is 56.6 cm³/mol. The maximum Gasteiger partial charge on any atom is 0.0669 e. The zero-order valence-electron chi connectivity index (χ0n) is 9.30. The molecule has 0 saturated heterocycles. The third kappa shape index (κ3) is 8.22. The van der Waals surface area contributed by atoms with Crippen LogP contribution >= 0.6 is 0 Å². The zero-order valence-corrected chi connectivity index (χ0v) is 9.30. The van der Waals surface area contributed by atoms with Gasteiger partial charge in [0.25, 0.3) is 0 Å². The summed E-state index contributed by atoms with van der Waals surface area (Å²) in [5.41, 5.74) is 5.63. The third-order valence-electron chi connectivity index (χ3n) is 1.90. The first-order valence-electron chi connectivity index (χ1n) is 4.96. The standard InChI is InChI=1S/C10H24N2O/c1-8(6-11)12-7-9(13)5-10(2,3)4/h8-9,12-13H,5-7,11H2,1-4H3. The van der Waals surface area contributed by atoms with E-state index in [0.29, 0.717) is 13.1 Å². The summed E-state index contributed by atoms with van der Waals surface area (Å²) in [5.74, 6) is 0. The van der Waals surface area contributed by atoms with Gasteiger partial charge in [0.15, 0.2) is 0 Å². The second kappa shape index (κ2) is 5.58. The Hall–Kier alpha value is -0.120. The molecule has 0 spiro atoms. The minimum atomic E-state index is -0.269. The molecule has 0 rings (SSSR count). The van der Waals surface area contributed by atoms with E-state index in [0.717, 1.165) is 6.42 Å². The van der Waals surface area contributed by atoms with Gasteiger partial charge in [-0.05, 0) is 18.8 Å². The lowest BCUT2D eigenvalue weighted by molar-refractivity contribution is 0.117. The molecule has 80 valence electrons. The Labute approximate surface area is 81.7 Å². The van der Waals surface area contributed by atoms with Crippen molar-refractivity contribution in [3.63, 3.8) is 0 Å². The SMILES string of the molecule is CC(CN)NCC(O)CC(C)(C)C. The highest BCUT2D eigenvalue weighted by Gasteiger charge is 2.16. The molecule has 0 aliphatic rings. The summed E-state index contributed by atoms with van der Waals surface area (Å²) in [6.45, 7) is 9.65. The van der Waals surface area contributed by atoms with Gasteiger partial charge in [-0.3, -0.25) is 0 Å². The summed E-state index contributed by atoms with van der Waals surface area (Å²) in [5, 5.41) is 12.8. The van der Waals surface area contributed by atoms with E-state index < -0.39 is 0 Å². The Bertz CT molecular complexity index is 131. The van der Waals surface area contributed by atoms with Crippen molar-refractivity contribution in [3.8, 4) is 0 Å². The van der Waals surface area contributed by atoms with Crippen LogP contribution in [-0.2, 0) is 0 Å². The fourth-order valence-corrected chi connectivity index (χ4v) is 1.20. The molecule has 2 atom stereocenters. The second-order valence-corrected chi connectivity index (χ2v) is 4.96. The summed E-state index contributed by atoms with van der Waals surface area (Å²) >= 11 is 0. The number of hydrogen-bond donors (Lipinski definition) is 3. The van der Waals surface area contributed by atoms with Crippen LogP contribution in [0.2, 0.25) is 0 Å². The number of aliphatic hydroxyl groups is 1. The van der Waals surface area contributed by atoms with Gasteiger partial charge in [-0.2, -0.15) is 0 Å². The fourth-order valence-electron chi connectivity index (χ4n) is 1.20. The zero-order chi connectivity index (χ0) is 10.5.